The minimum absolute atomic E-state index is 0.0534. The molecule has 1 heterocycles. The van der Waals surface area contributed by atoms with E-state index in [1.54, 1.807) is 13.0 Å². The summed E-state index contributed by atoms with van der Waals surface area (Å²) in [5.74, 6) is 1.78. The van der Waals surface area contributed by atoms with Crippen molar-refractivity contribution in [2.45, 2.75) is 6.92 Å². The number of halogens is 1. The Kier molecular flexibility index (Phi) is 6.77. The molecule has 0 aliphatic rings. The fourth-order valence-corrected chi connectivity index (χ4v) is 2.42. The van der Waals surface area contributed by atoms with Gasteiger partial charge in [-0.25, -0.2) is 9.78 Å². The molecule has 1 aromatic heterocycles. The number of aromatic nitrogens is 2. The van der Waals surface area contributed by atoms with Crippen LogP contribution < -0.4 is 15.4 Å². The highest BCUT2D eigenvalue weighted by atomic mass is 79.9. The van der Waals surface area contributed by atoms with E-state index >= 15 is 0 Å². The molecule has 0 amide bonds. The van der Waals surface area contributed by atoms with Crippen molar-refractivity contribution in [3.05, 3.63) is 33.9 Å². The molecule has 0 fully saturated rings. The third-order valence-electron chi connectivity index (χ3n) is 3.33. The maximum atomic E-state index is 11.5. The Hall–Kier alpha value is -2.83. The molecule has 4 N–H and O–H groups in total. The number of benzene rings is 1. The van der Waals surface area contributed by atoms with Gasteiger partial charge in [-0.1, -0.05) is 5.92 Å². The second-order valence-electron chi connectivity index (χ2n) is 5.12. The number of nitrogens with one attached hydrogen (secondary N) is 2. The molecule has 0 radical (unpaired) electrons. The van der Waals surface area contributed by atoms with Crippen molar-refractivity contribution in [3.63, 3.8) is 0 Å². The Morgan fingerprint density at radius 2 is 2.23 bits per heavy atom. The topological polar surface area (TPSA) is 117 Å². The fraction of sp³-hybridized carbons (Fsp3) is 0.235. The van der Waals surface area contributed by atoms with Gasteiger partial charge in [0, 0.05) is 17.9 Å². The zero-order chi connectivity index (χ0) is 19.1. The number of carbonyl (C=O) groups is 1. The van der Waals surface area contributed by atoms with Crippen molar-refractivity contribution < 1.29 is 19.7 Å². The van der Waals surface area contributed by atoms with Gasteiger partial charge >= 0.3 is 5.97 Å². The maximum absolute atomic E-state index is 11.5. The maximum Gasteiger partial charge on any atom is 0.336 e. The molecule has 0 bridgehead atoms. The van der Waals surface area contributed by atoms with Crippen molar-refractivity contribution in [3.8, 4) is 18.2 Å². The summed E-state index contributed by atoms with van der Waals surface area (Å²) in [6, 6.07) is 3.22. The third kappa shape index (κ3) is 4.84. The predicted octanol–water partition coefficient (Wildman–Crippen LogP) is 2.41. The molecule has 26 heavy (non-hydrogen) atoms. The van der Waals surface area contributed by atoms with Crippen LogP contribution in [0, 0.1) is 19.3 Å². The van der Waals surface area contributed by atoms with Gasteiger partial charge in [0.1, 0.15) is 0 Å². The highest BCUT2D eigenvalue weighted by Crippen LogP contribution is 2.29. The molecular weight excluding hydrogens is 404 g/mol. The Balaban J connectivity index is 2.37. The van der Waals surface area contributed by atoms with E-state index in [1.807, 2.05) is 0 Å². The molecule has 0 saturated heterocycles. The van der Waals surface area contributed by atoms with Gasteiger partial charge in [-0.15, -0.1) is 6.42 Å². The quantitative estimate of drug-likeness (QED) is 0.481. The Morgan fingerprint density at radius 3 is 2.88 bits per heavy atom. The van der Waals surface area contributed by atoms with E-state index in [0.29, 0.717) is 28.0 Å². The van der Waals surface area contributed by atoms with Crippen LogP contribution in [0.15, 0.2) is 22.8 Å². The third-order valence-corrected chi connectivity index (χ3v) is 3.87. The Morgan fingerprint density at radius 1 is 1.46 bits per heavy atom. The zero-order valence-corrected chi connectivity index (χ0v) is 15.5. The first-order valence-electron chi connectivity index (χ1n) is 7.54. The molecule has 0 aliphatic heterocycles. The van der Waals surface area contributed by atoms with Crippen molar-refractivity contribution in [1.82, 2.24) is 9.97 Å². The van der Waals surface area contributed by atoms with E-state index in [2.05, 4.69) is 42.5 Å². The van der Waals surface area contributed by atoms with Gasteiger partial charge in [0.05, 0.1) is 22.8 Å². The summed E-state index contributed by atoms with van der Waals surface area (Å²) < 4.78 is 5.87. The molecule has 8 nitrogen and oxygen atoms in total. The van der Waals surface area contributed by atoms with Crippen molar-refractivity contribution >= 4 is 39.2 Å². The SMILES string of the molecule is C#CCOc1nc(Nc2cc(NCCO)cc(C(=O)O)c2C)ncc1Br. The van der Waals surface area contributed by atoms with Gasteiger partial charge in [-0.05, 0) is 40.5 Å². The number of terminal acetylenes is 1. The first-order chi connectivity index (χ1) is 12.5. The lowest BCUT2D eigenvalue weighted by Gasteiger charge is -2.15. The number of hydrogen-bond donors (Lipinski definition) is 4. The van der Waals surface area contributed by atoms with Crippen LogP contribution in [-0.2, 0) is 0 Å². The van der Waals surface area contributed by atoms with E-state index in [1.165, 1.54) is 12.3 Å². The molecule has 136 valence electrons. The van der Waals surface area contributed by atoms with Gasteiger partial charge in [-0.2, -0.15) is 4.98 Å². The number of aliphatic hydroxyl groups is 1. The van der Waals surface area contributed by atoms with E-state index in [0.717, 1.165) is 0 Å². The number of carboxylic acids is 1. The molecule has 0 spiro atoms. The number of ether oxygens (including phenoxy) is 1. The monoisotopic (exact) mass is 420 g/mol. The summed E-state index contributed by atoms with van der Waals surface area (Å²) in [6.07, 6.45) is 6.68. The van der Waals surface area contributed by atoms with Crippen LogP contribution in [0.1, 0.15) is 15.9 Å². The van der Waals surface area contributed by atoms with E-state index in [4.69, 9.17) is 16.3 Å². The van der Waals surface area contributed by atoms with Gasteiger partial charge in [0.25, 0.3) is 0 Å². The van der Waals surface area contributed by atoms with E-state index in [-0.39, 0.29) is 30.6 Å². The summed E-state index contributed by atoms with van der Waals surface area (Å²) in [7, 11) is 0. The minimum atomic E-state index is -1.06. The summed E-state index contributed by atoms with van der Waals surface area (Å²) in [5, 5.41) is 24.3. The van der Waals surface area contributed by atoms with Crippen molar-refractivity contribution in [1.29, 1.82) is 0 Å². The fourth-order valence-electron chi connectivity index (χ4n) is 2.11. The van der Waals surface area contributed by atoms with Crippen LogP contribution in [0.25, 0.3) is 0 Å². The molecular formula is C17H17BrN4O4. The average Bonchev–Trinajstić information content (AvgIpc) is 2.62. The lowest BCUT2D eigenvalue weighted by molar-refractivity contribution is 0.0696. The Bertz CT molecular complexity index is 851. The van der Waals surface area contributed by atoms with Gasteiger partial charge in [-0.3, -0.25) is 0 Å². The van der Waals surface area contributed by atoms with E-state index in [9.17, 15) is 9.90 Å². The van der Waals surface area contributed by atoms with Crippen LogP contribution in [0.4, 0.5) is 17.3 Å². The lowest BCUT2D eigenvalue weighted by atomic mass is 10.1. The van der Waals surface area contributed by atoms with Crippen LogP contribution in [0.2, 0.25) is 0 Å². The first kappa shape index (κ1) is 19.5. The zero-order valence-electron chi connectivity index (χ0n) is 13.9. The lowest BCUT2D eigenvalue weighted by Crippen LogP contribution is -2.10. The molecule has 1 aromatic carbocycles. The van der Waals surface area contributed by atoms with Crippen molar-refractivity contribution in [2.75, 3.05) is 30.4 Å². The predicted molar refractivity (Wildman–Crippen MR) is 101 cm³/mol. The van der Waals surface area contributed by atoms with Crippen LogP contribution in [-0.4, -0.2) is 45.9 Å². The van der Waals surface area contributed by atoms with Gasteiger partial charge in [0.2, 0.25) is 11.8 Å². The highest BCUT2D eigenvalue weighted by Gasteiger charge is 2.15. The summed E-state index contributed by atoms with van der Waals surface area (Å²) in [4.78, 5) is 19.8. The average molecular weight is 421 g/mol. The number of rotatable bonds is 8. The van der Waals surface area contributed by atoms with Gasteiger partial charge in [0.15, 0.2) is 6.61 Å². The van der Waals surface area contributed by atoms with Crippen LogP contribution in [0.5, 0.6) is 5.88 Å². The number of aliphatic hydroxyl groups excluding tert-OH is 1. The molecule has 0 saturated carbocycles. The smallest absolute Gasteiger partial charge is 0.336 e. The second kappa shape index (κ2) is 9.03. The summed E-state index contributed by atoms with van der Waals surface area (Å²) in [5.41, 5.74) is 1.70. The molecule has 9 heteroatoms. The standard InChI is InChI=1S/C17H17BrN4O4/c1-3-6-26-15-13(18)9-20-17(22-15)21-14-8-11(19-4-5-23)7-12(10(14)2)16(24)25/h1,7-9,19,23H,4-6H2,2H3,(H,24,25)(H,20,21,22). The summed E-state index contributed by atoms with van der Waals surface area (Å²) in [6.45, 7) is 1.94. The van der Waals surface area contributed by atoms with Crippen LogP contribution in [0.3, 0.4) is 0 Å². The van der Waals surface area contributed by atoms with Gasteiger partial charge < -0.3 is 25.6 Å². The molecule has 0 unspecified atom stereocenters. The number of hydrogen-bond acceptors (Lipinski definition) is 7. The van der Waals surface area contributed by atoms with Crippen molar-refractivity contribution in [2.24, 2.45) is 0 Å². The molecule has 2 rings (SSSR count). The normalized spacial score (nSPS) is 10.1. The second-order valence-corrected chi connectivity index (χ2v) is 5.97. The molecule has 0 atom stereocenters. The summed E-state index contributed by atoms with van der Waals surface area (Å²) >= 11 is 3.27. The van der Waals surface area contributed by atoms with E-state index < -0.39 is 5.97 Å². The van der Waals surface area contributed by atoms with Crippen LogP contribution >= 0.6 is 15.9 Å². The largest absolute Gasteiger partial charge is 0.478 e. The minimum Gasteiger partial charge on any atom is -0.478 e. The molecule has 2 aromatic rings. The number of anilines is 3. The highest BCUT2D eigenvalue weighted by molar-refractivity contribution is 9.10. The number of aromatic carboxylic acids is 1. The first-order valence-corrected chi connectivity index (χ1v) is 8.34. The molecule has 0 aliphatic carbocycles. The number of carboxylic acid groups (broad SMARTS) is 1. The number of nitrogens with zero attached hydrogens (tertiary/aromatic N) is 2. The Labute approximate surface area is 158 Å².